The van der Waals surface area contributed by atoms with Crippen LogP contribution in [-0.4, -0.2) is 0 Å². The van der Waals surface area contributed by atoms with Gasteiger partial charge in [0.05, 0.1) is 0 Å². The number of ether oxygens (including phenoxy) is 1. The Labute approximate surface area is 96.7 Å². The molecule has 1 nitrogen and oxygen atoms in total. The third-order valence-corrected chi connectivity index (χ3v) is 2.46. The first kappa shape index (κ1) is 10.7. The monoisotopic (exact) mass is 211 g/mol. The first-order valence-electron chi connectivity index (χ1n) is 5.46. The summed E-state index contributed by atoms with van der Waals surface area (Å²) in [5.74, 6) is 0.889. The molecule has 0 aliphatic rings. The van der Waals surface area contributed by atoms with Gasteiger partial charge in [0.25, 0.3) is 0 Å². The first-order chi connectivity index (χ1) is 7.90. The van der Waals surface area contributed by atoms with Crippen molar-refractivity contribution in [2.24, 2.45) is 0 Å². The zero-order chi connectivity index (χ0) is 11.2. The summed E-state index contributed by atoms with van der Waals surface area (Å²) >= 11 is 0. The number of hydrogen-bond acceptors (Lipinski definition) is 1. The first-order valence-corrected chi connectivity index (χ1v) is 5.46. The third-order valence-electron chi connectivity index (χ3n) is 2.46. The Bertz CT molecular complexity index is 408. The van der Waals surface area contributed by atoms with E-state index < -0.39 is 0 Å². The predicted octanol–water partition coefficient (Wildman–Crippen LogP) is 4.03. The average Bonchev–Trinajstić information content (AvgIpc) is 2.38. The SMILES string of the molecule is [CH2]CC(Oc1ccccc1)c1ccccc1. The van der Waals surface area contributed by atoms with Crippen LogP contribution < -0.4 is 4.74 Å². The van der Waals surface area contributed by atoms with Gasteiger partial charge in [-0.05, 0) is 31.0 Å². The fourth-order valence-corrected chi connectivity index (χ4v) is 1.62. The van der Waals surface area contributed by atoms with Crippen molar-refractivity contribution >= 4 is 0 Å². The highest BCUT2D eigenvalue weighted by Gasteiger charge is 2.09. The van der Waals surface area contributed by atoms with E-state index in [4.69, 9.17) is 4.74 Å². The molecule has 1 unspecified atom stereocenters. The predicted molar refractivity (Wildman–Crippen MR) is 66.2 cm³/mol. The summed E-state index contributed by atoms with van der Waals surface area (Å²) in [6.07, 6.45) is 0.752. The molecule has 0 saturated carbocycles. The van der Waals surface area contributed by atoms with Crippen LogP contribution in [-0.2, 0) is 0 Å². The van der Waals surface area contributed by atoms with Crippen molar-refractivity contribution in [2.75, 3.05) is 0 Å². The molecular formula is C15H15O. The second-order valence-corrected chi connectivity index (χ2v) is 3.62. The molecule has 0 N–H and O–H groups in total. The van der Waals surface area contributed by atoms with E-state index in [0.717, 1.165) is 12.2 Å². The van der Waals surface area contributed by atoms with E-state index in [2.05, 4.69) is 19.1 Å². The molecule has 81 valence electrons. The van der Waals surface area contributed by atoms with Gasteiger partial charge in [0, 0.05) is 0 Å². The smallest absolute Gasteiger partial charge is 0.124 e. The number of benzene rings is 2. The van der Waals surface area contributed by atoms with Crippen molar-refractivity contribution in [2.45, 2.75) is 12.5 Å². The molecule has 0 heterocycles. The van der Waals surface area contributed by atoms with E-state index in [9.17, 15) is 0 Å². The summed E-state index contributed by atoms with van der Waals surface area (Å²) in [6.45, 7) is 3.93. The van der Waals surface area contributed by atoms with Crippen molar-refractivity contribution in [1.82, 2.24) is 0 Å². The Balaban J connectivity index is 2.13. The minimum Gasteiger partial charge on any atom is -0.486 e. The second kappa shape index (κ2) is 5.36. The van der Waals surface area contributed by atoms with E-state index in [1.54, 1.807) is 0 Å². The topological polar surface area (TPSA) is 9.23 Å². The highest BCUT2D eigenvalue weighted by atomic mass is 16.5. The maximum atomic E-state index is 5.89. The molecule has 0 aliphatic carbocycles. The van der Waals surface area contributed by atoms with Crippen LogP contribution >= 0.6 is 0 Å². The van der Waals surface area contributed by atoms with Crippen molar-refractivity contribution in [3.05, 3.63) is 73.2 Å². The van der Waals surface area contributed by atoms with Gasteiger partial charge in [0.2, 0.25) is 0 Å². The minimum absolute atomic E-state index is 0.0311. The third kappa shape index (κ3) is 2.63. The molecule has 0 bridgehead atoms. The van der Waals surface area contributed by atoms with E-state index in [0.29, 0.717) is 0 Å². The van der Waals surface area contributed by atoms with Crippen molar-refractivity contribution in [3.8, 4) is 5.75 Å². The van der Waals surface area contributed by atoms with Crippen molar-refractivity contribution in [3.63, 3.8) is 0 Å². The Morgan fingerprint density at radius 1 is 0.875 bits per heavy atom. The van der Waals surface area contributed by atoms with Gasteiger partial charge < -0.3 is 4.74 Å². The van der Waals surface area contributed by atoms with E-state index in [1.807, 2.05) is 48.5 Å². The van der Waals surface area contributed by atoms with Gasteiger partial charge in [0.15, 0.2) is 0 Å². The molecule has 16 heavy (non-hydrogen) atoms. The lowest BCUT2D eigenvalue weighted by atomic mass is 10.1. The summed E-state index contributed by atoms with van der Waals surface area (Å²) < 4.78 is 5.89. The molecule has 1 atom stereocenters. The Kier molecular flexibility index (Phi) is 3.60. The van der Waals surface area contributed by atoms with Gasteiger partial charge in [-0.1, -0.05) is 48.5 Å². The molecule has 2 aromatic carbocycles. The number of hydrogen-bond donors (Lipinski definition) is 0. The fraction of sp³-hybridized carbons (Fsp3) is 0.133. The molecule has 0 saturated heterocycles. The summed E-state index contributed by atoms with van der Waals surface area (Å²) in [7, 11) is 0. The van der Waals surface area contributed by atoms with Crippen molar-refractivity contribution < 1.29 is 4.74 Å². The molecule has 0 spiro atoms. The van der Waals surface area contributed by atoms with E-state index in [-0.39, 0.29) is 6.10 Å². The van der Waals surface area contributed by atoms with Gasteiger partial charge in [0.1, 0.15) is 11.9 Å². The van der Waals surface area contributed by atoms with E-state index >= 15 is 0 Å². The number of para-hydroxylation sites is 1. The molecule has 0 aromatic heterocycles. The Morgan fingerprint density at radius 2 is 1.44 bits per heavy atom. The second-order valence-electron chi connectivity index (χ2n) is 3.62. The van der Waals surface area contributed by atoms with Gasteiger partial charge in [-0.25, -0.2) is 0 Å². The van der Waals surface area contributed by atoms with Gasteiger partial charge in [-0.3, -0.25) is 0 Å². The molecular weight excluding hydrogens is 196 g/mol. The van der Waals surface area contributed by atoms with Crippen LogP contribution in [0.5, 0.6) is 5.75 Å². The normalized spacial score (nSPS) is 12.1. The van der Waals surface area contributed by atoms with Crippen LogP contribution in [0.25, 0.3) is 0 Å². The molecule has 0 aliphatic heterocycles. The standard InChI is InChI=1S/C15H15O/c1-2-15(13-9-5-3-6-10-13)16-14-11-7-4-8-12-14/h3-12,15H,1-2H2. The zero-order valence-electron chi connectivity index (χ0n) is 9.17. The van der Waals surface area contributed by atoms with E-state index in [1.165, 1.54) is 5.56 Å². The lowest BCUT2D eigenvalue weighted by Crippen LogP contribution is -2.06. The molecule has 0 amide bonds. The lowest BCUT2D eigenvalue weighted by molar-refractivity contribution is 0.208. The summed E-state index contributed by atoms with van der Waals surface area (Å²) in [6, 6.07) is 20.0. The molecule has 2 aromatic rings. The quantitative estimate of drug-likeness (QED) is 0.741. The van der Waals surface area contributed by atoms with Crippen LogP contribution in [0.1, 0.15) is 18.1 Å². The van der Waals surface area contributed by atoms with Gasteiger partial charge in [-0.2, -0.15) is 0 Å². The zero-order valence-corrected chi connectivity index (χ0v) is 9.17. The minimum atomic E-state index is 0.0311. The molecule has 1 heteroatoms. The van der Waals surface area contributed by atoms with Crippen molar-refractivity contribution in [1.29, 1.82) is 0 Å². The Morgan fingerprint density at radius 3 is 2.00 bits per heavy atom. The summed E-state index contributed by atoms with van der Waals surface area (Å²) in [5, 5.41) is 0. The van der Waals surface area contributed by atoms with Crippen LogP contribution in [0.4, 0.5) is 0 Å². The lowest BCUT2D eigenvalue weighted by Gasteiger charge is -2.17. The van der Waals surface area contributed by atoms with Crippen LogP contribution in [0.2, 0.25) is 0 Å². The highest BCUT2D eigenvalue weighted by molar-refractivity contribution is 5.24. The molecule has 0 fully saturated rings. The van der Waals surface area contributed by atoms with Gasteiger partial charge in [-0.15, -0.1) is 0 Å². The maximum absolute atomic E-state index is 5.89. The largest absolute Gasteiger partial charge is 0.486 e. The Hall–Kier alpha value is -1.76. The van der Waals surface area contributed by atoms with Crippen LogP contribution in [0.3, 0.4) is 0 Å². The summed E-state index contributed by atoms with van der Waals surface area (Å²) in [5.41, 5.74) is 1.17. The molecule has 2 rings (SSSR count). The fourth-order valence-electron chi connectivity index (χ4n) is 1.62. The maximum Gasteiger partial charge on any atom is 0.124 e. The average molecular weight is 211 g/mol. The number of rotatable bonds is 4. The highest BCUT2D eigenvalue weighted by Crippen LogP contribution is 2.23. The van der Waals surface area contributed by atoms with Gasteiger partial charge >= 0.3 is 0 Å². The molecule has 1 radical (unpaired) electrons. The van der Waals surface area contributed by atoms with Crippen LogP contribution in [0.15, 0.2) is 60.7 Å². The summed E-state index contributed by atoms with van der Waals surface area (Å²) in [4.78, 5) is 0. The van der Waals surface area contributed by atoms with Crippen LogP contribution in [0, 0.1) is 6.92 Å².